The van der Waals surface area contributed by atoms with E-state index in [1.165, 1.54) is 17.4 Å². The van der Waals surface area contributed by atoms with Crippen molar-refractivity contribution in [3.63, 3.8) is 0 Å². The number of aromatic nitrogens is 2. The highest BCUT2D eigenvalue weighted by Gasteiger charge is 2.11. The lowest BCUT2D eigenvalue weighted by Crippen LogP contribution is -2.01. The van der Waals surface area contributed by atoms with Crippen molar-refractivity contribution in [2.45, 2.75) is 6.42 Å². The van der Waals surface area contributed by atoms with E-state index in [1.807, 2.05) is 18.2 Å². The summed E-state index contributed by atoms with van der Waals surface area (Å²) in [6, 6.07) is 10.6. The van der Waals surface area contributed by atoms with Gasteiger partial charge >= 0.3 is 0 Å². The number of nitrogens with zero attached hydrogens (tertiary/aromatic N) is 2. The minimum Gasteiger partial charge on any atom is -0.330 e. The maximum absolute atomic E-state index is 13.8. The maximum atomic E-state index is 13.8. The minimum absolute atomic E-state index is 0.217. The van der Waals surface area contributed by atoms with E-state index in [-0.39, 0.29) is 5.82 Å². The number of benzene rings is 2. The van der Waals surface area contributed by atoms with Crippen molar-refractivity contribution in [1.82, 2.24) is 10.2 Å². The highest BCUT2D eigenvalue weighted by molar-refractivity contribution is 7.14. The van der Waals surface area contributed by atoms with Crippen LogP contribution in [0.1, 0.15) is 5.01 Å². The fourth-order valence-electron chi connectivity index (χ4n) is 2.04. The molecule has 96 valence electrons. The molecule has 0 fully saturated rings. The van der Waals surface area contributed by atoms with Gasteiger partial charge in [0.05, 0.1) is 0 Å². The number of halogens is 1. The number of nitrogens with two attached hydrogens (primary N) is 1. The van der Waals surface area contributed by atoms with Gasteiger partial charge in [-0.15, -0.1) is 10.2 Å². The molecular weight excluding hydrogens is 261 g/mol. The Labute approximate surface area is 113 Å². The average Bonchev–Trinajstić information content (AvgIpc) is 2.88. The van der Waals surface area contributed by atoms with E-state index in [1.54, 1.807) is 12.1 Å². The van der Waals surface area contributed by atoms with Gasteiger partial charge in [0.15, 0.2) is 0 Å². The molecule has 3 rings (SSSR count). The zero-order valence-corrected chi connectivity index (χ0v) is 11.0. The molecule has 19 heavy (non-hydrogen) atoms. The molecule has 0 atom stereocenters. The number of fused-ring (bicyclic) bond motifs is 1. The van der Waals surface area contributed by atoms with Gasteiger partial charge in [0, 0.05) is 17.4 Å². The van der Waals surface area contributed by atoms with E-state index in [0.717, 1.165) is 27.4 Å². The molecule has 0 saturated heterocycles. The Morgan fingerprint density at radius 3 is 2.63 bits per heavy atom. The molecule has 1 heterocycles. The summed E-state index contributed by atoms with van der Waals surface area (Å²) >= 11 is 1.51. The topological polar surface area (TPSA) is 51.8 Å². The van der Waals surface area contributed by atoms with Crippen LogP contribution in [0.3, 0.4) is 0 Å². The van der Waals surface area contributed by atoms with Crippen molar-refractivity contribution in [3.8, 4) is 10.6 Å². The summed E-state index contributed by atoms with van der Waals surface area (Å²) in [5, 5.41) is 11.5. The summed E-state index contributed by atoms with van der Waals surface area (Å²) in [6.45, 7) is 0.554. The van der Waals surface area contributed by atoms with Crippen molar-refractivity contribution < 1.29 is 4.39 Å². The van der Waals surface area contributed by atoms with E-state index >= 15 is 0 Å². The van der Waals surface area contributed by atoms with E-state index in [2.05, 4.69) is 10.2 Å². The first-order valence-electron chi connectivity index (χ1n) is 5.99. The monoisotopic (exact) mass is 273 g/mol. The first kappa shape index (κ1) is 12.2. The number of rotatable bonds is 3. The number of hydrogen-bond acceptors (Lipinski definition) is 4. The lowest BCUT2D eigenvalue weighted by Gasteiger charge is -2.03. The standard InChI is InChI=1S/C14H12FN3S/c15-12-6-5-11(9-3-1-2-4-10(9)12)14-18-17-13(19-14)7-8-16/h1-6H,7-8,16H2. The van der Waals surface area contributed by atoms with Crippen LogP contribution in [0.2, 0.25) is 0 Å². The fourth-order valence-corrected chi connectivity index (χ4v) is 2.93. The SMILES string of the molecule is NCCc1nnc(-c2ccc(F)c3ccccc23)s1. The third-order valence-electron chi connectivity index (χ3n) is 2.93. The van der Waals surface area contributed by atoms with Crippen LogP contribution >= 0.6 is 11.3 Å². The highest BCUT2D eigenvalue weighted by atomic mass is 32.1. The van der Waals surface area contributed by atoms with Crippen LogP contribution in [0.25, 0.3) is 21.3 Å². The molecule has 0 spiro atoms. The summed E-state index contributed by atoms with van der Waals surface area (Å²) in [5.41, 5.74) is 6.42. The molecule has 0 aliphatic rings. The first-order chi connectivity index (χ1) is 9.29. The van der Waals surface area contributed by atoms with Crippen molar-refractivity contribution in [2.75, 3.05) is 6.54 Å². The molecule has 0 aliphatic heterocycles. The van der Waals surface area contributed by atoms with Gasteiger partial charge < -0.3 is 5.73 Å². The third kappa shape index (κ3) is 2.22. The molecule has 0 saturated carbocycles. The van der Waals surface area contributed by atoms with Crippen LogP contribution in [-0.4, -0.2) is 16.7 Å². The zero-order valence-electron chi connectivity index (χ0n) is 10.1. The quantitative estimate of drug-likeness (QED) is 0.798. The lowest BCUT2D eigenvalue weighted by atomic mass is 10.0. The second-order valence-corrected chi connectivity index (χ2v) is 5.24. The predicted octanol–water partition coefficient (Wildman–Crippen LogP) is 3.00. The molecule has 2 N–H and O–H groups in total. The van der Waals surface area contributed by atoms with Crippen molar-refractivity contribution in [2.24, 2.45) is 5.73 Å². The molecule has 0 unspecified atom stereocenters. The Morgan fingerprint density at radius 2 is 1.84 bits per heavy atom. The molecule has 5 heteroatoms. The normalized spacial score (nSPS) is 11.1. The van der Waals surface area contributed by atoms with Crippen LogP contribution in [0.4, 0.5) is 4.39 Å². The van der Waals surface area contributed by atoms with Gasteiger partial charge in [0.2, 0.25) is 0 Å². The van der Waals surface area contributed by atoms with Gasteiger partial charge in [-0.05, 0) is 24.1 Å². The van der Waals surface area contributed by atoms with Gasteiger partial charge in [-0.25, -0.2) is 4.39 Å². The summed E-state index contributed by atoms with van der Waals surface area (Å²) < 4.78 is 13.8. The van der Waals surface area contributed by atoms with Crippen LogP contribution < -0.4 is 5.73 Å². The van der Waals surface area contributed by atoms with E-state index in [0.29, 0.717) is 11.9 Å². The van der Waals surface area contributed by atoms with Gasteiger partial charge in [-0.2, -0.15) is 0 Å². The van der Waals surface area contributed by atoms with Crippen LogP contribution in [0, 0.1) is 5.82 Å². The van der Waals surface area contributed by atoms with Gasteiger partial charge in [-0.1, -0.05) is 35.6 Å². The maximum Gasteiger partial charge on any atom is 0.148 e. The summed E-state index contributed by atoms with van der Waals surface area (Å²) in [4.78, 5) is 0. The lowest BCUT2D eigenvalue weighted by molar-refractivity contribution is 0.640. The Balaban J connectivity index is 2.16. The van der Waals surface area contributed by atoms with Crippen molar-refractivity contribution in [3.05, 3.63) is 47.2 Å². The van der Waals surface area contributed by atoms with Crippen molar-refractivity contribution in [1.29, 1.82) is 0 Å². The largest absolute Gasteiger partial charge is 0.330 e. The summed E-state index contributed by atoms with van der Waals surface area (Å²) in [5.74, 6) is -0.217. The van der Waals surface area contributed by atoms with Gasteiger partial charge in [-0.3, -0.25) is 0 Å². The molecule has 2 aromatic carbocycles. The molecule has 0 amide bonds. The zero-order chi connectivity index (χ0) is 13.2. The molecule has 3 aromatic rings. The second-order valence-electron chi connectivity index (χ2n) is 4.18. The van der Waals surface area contributed by atoms with Crippen LogP contribution in [-0.2, 0) is 6.42 Å². The molecular formula is C14H12FN3S. The van der Waals surface area contributed by atoms with Gasteiger partial charge in [0.1, 0.15) is 15.8 Å². The minimum atomic E-state index is -0.217. The Kier molecular flexibility index (Phi) is 3.23. The highest BCUT2D eigenvalue weighted by Crippen LogP contribution is 2.32. The number of hydrogen-bond donors (Lipinski definition) is 1. The third-order valence-corrected chi connectivity index (χ3v) is 3.94. The molecule has 0 bridgehead atoms. The fraction of sp³-hybridized carbons (Fsp3) is 0.143. The second kappa shape index (κ2) is 5.03. The molecule has 1 aromatic heterocycles. The predicted molar refractivity (Wildman–Crippen MR) is 75.6 cm³/mol. The van der Waals surface area contributed by atoms with Gasteiger partial charge in [0.25, 0.3) is 0 Å². The first-order valence-corrected chi connectivity index (χ1v) is 6.81. The Bertz CT molecular complexity index is 724. The molecule has 0 radical (unpaired) electrons. The van der Waals surface area contributed by atoms with E-state index < -0.39 is 0 Å². The Morgan fingerprint density at radius 1 is 1.05 bits per heavy atom. The van der Waals surface area contributed by atoms with Crippen LogP contribution in [0.15, 0.2) is 36.4 Å². The summed E-state index contributed by atoms with van der Waals surface area (Å²) in [7, 11) is 0. The smallest absolute Gasteiger partial charge is 0.148 e. The Hall–Kier alpha value is -1.85. The molecule has 3 nitrogen and oxygen atoms in total. The van der Waals surface area contributed by atoms with Crippen molar-refractivity contribution >= 4 is 22.1 Å². The van der Waals surface area contributed by atoms with Crippen LogP contribution in [0.5, 0.6) is 0 Å². The van der Waals surface area contributed by atoms with E-state index in [9.17, 15) is 4.39 Å². The average molecular weight is 273 g/mol. The summed E-state index contributed by atoms with van der Waals surface area (Å²) in [6.07, 6.45) is 0.719. The molecule has 0 aliphatic carbocycles. The van der Waals surface area contributed by atoms with E-state index in [4.69, 9.17) is 5.73 Å².